The van der Waals surface area contributed by atoms with Gasteiger partial charge in [0.25, 0.3) is 0 Å². The van der Waals surface area contributed by atoms with E-state index in [9.17, 15) is 4.79 Å². The van der Waals surface area contributed by atoms with E-state index in [4.69, 9.17) is 0 Å². The van der Waals surface area contributed by atoms with Crippen molar-refractivity contribution in [1.29, 1.82) is 0 Å². The summed E-state index contributed by atoms with van der Waals surface area (Å²) >= 11 is 0. The number of ether oxygens (including phenoxy) is 2. The molecule has 3 nitrogen and oxygen atoms in total. The zero-order chi connectivity index (χ0) is 11.4. The van der Waals surface area contributed by atoms with Crippen LogP contribution in [0.1, 0.15) is 45.4 Å². The van der Waals surface area contributed by atoms with Gasteiger partial charge in [-0.25, -0.2) is 4.79 Å². The summed E-state index contributed by atoms with van der Waals surface area (Å²) in [7, 11) is 1.28. The van der Waals surface area contributed by atoms with E-state index in [1.807, 2.05) is 0 Å². The molecule has 86 valence electrons. The zero-order valence-corrected chi connectivity index (χ0v) is 9.67. The standard InChI is InChI=1S/C12H20O3/c1-3-4-5-6-7-8-9-10-11-15-12(13)14-2/h3-8,11H2,1-2H3. The normalized spacial score (nSPS) is 8.93. The van der Waals surface area contributed by atoms with Crippen LogP contribution < -0.4 is 0 Å². The van der Waals surface area contributed by atoms with Gasteiger partial charge in [0.2, 0.25) is 0 Å². The molecule has 0 amide bonds. The number of unbranched alkanes of at least 4 members (excludes halogenated alkanes) is 5. The van der Waals surface area contributed by atoms with Crippen molar-refractivity contribution in [3.63, 3.8) is 0 Å². The molecular formula is C12H20O3. The highest BCUT2D eigenvalue weighted by molar-refractivity contribution is 5.59. The van der Waals surface area contributed by atoms with E-state index >= 15 is 0 Å². The van der Waals surface area contributed by atoms with E-state index in [1.54, 1.807) is 0 Å². The van der Waals surface area contributed by atoms with Crippen molar-refractivity contribution in [1.82, 2.24) is 0 Å². The maximum absolute atomic E-state index is 10.5. The van der Waals surface area contributed by atoms with Crippen LogP contribution in [0.3, 0.4) is 0 Å². The van der Waals surface area contributed by atoms with Crippen LogP contribution in [0.4, 0.5) is 4.79 Å². The van der Waals surface area contributed by atoms with Gasteiger partial charge in [0, 0.05) is 6.42 Å². The Morgan fingerprint density at radius 3 is 2.53 bits per heavy atom. The number of hydrogen-bond donors (Lipinski definition) is 0. The van der Waals surface area contributed by atoms with Gasteiger partial charge in [-0.1, -0.05) is 44.4 Å². The van der Waals surface area contributed by atoms with Crippen LogP contribution in [-0.4, -0.2) is 19.9 Å². The largest absolute Gasteiger partial charge is 0.508 e. The maximum Gasteiger partial charge on any atom is 0.508 e. The first kappa shape index (κ1) is 13.8. The Hall–Kier alpha value is -1.17. The third-order valence-electron chi connectivity index (χ3n) is 1.96. The molecule has 0 heterocycles. The van der Waals surface area contributed by atoms with Crippen LogP contribution in [0.25, 0.3) is 0 Å². The summed E-state index contributed by atoms with van der Waals surface area (Å²) in [6, 6.07) is 0. The minimum Gasteiger partial charge on any atom is -0.438 e. The van der Waals surface area contributed by atoms with Gasteiger partial charge >= 0.3 is 6.16 Å². The van der Waals surface area contributed by atoms with Crippen LogP contribution in [0.15, 0.2) is 0 Å². The quantitative estimate of drug-likeness (QED) is 0.385. The van der Waals surface area contributed by atoms with E-state index in [0.29, 0.717) is 0 Å². The number of hydrogen-bond acceptors (Lipinski definition) is 3. The molecule has 3 heteroatoms. The fourth-order valence-electron chi connectivity index (χ4n) is 1.11. The molecule has 0 unspecified atom stereocenters. The number of carbonyl (C=O) groups excluding carboxylic acids is 1. The Morgan fingerprint density at radius 2 is 1.87 bits per heavy atom. The van der Waals surface area contributed by atoms with Crippen molar-refractivity contribution in [3.8, 4) is 11.8 Å². The second-order valence-electron chi connectivity index (χ2n) is 3.26. The average molecular weight is 212 g/mol. The molecule has 0 radical (unpaired) electrons. The molecule has 0 aliphatic rings. The predicted octanol–water partition coefficient (Wildman–Crippen LogP) is 3.13. The first-order valence-electron chi connectivity index (χ1n) is 5.47. The zero-order valence-electron chi connectivity index (χ0n) is 9.67. The Kier molecular flexibility index (Phi) is 10.1. The SMILES string of the molecule is CCCCCCCC#CCOC(=O)OC. The minimum atomic E-state index is -0.674. The first-order chi connectivity index (χ1) is 7.31. The molecule has 0 aliphatic carbocycles. The Bertz CT molecular complexity index is 213. The van der Waals surface area contributed by atoms with Gasteiger partial charge < -0.3 is 9.47 Å². The second kappa shape index (κ2) is 10.9. The molecule has 0 atom stereocenters. The molecular weight excluding hydrogens is 192 g/mol. The van der Waals surface area contributed by atoms with Crippen LogP contribution >= 0.6 is 0 Å². The molecule has 15 heavy (non-hydrogen) atoms. The van der Waals surface area contributed by atoms with E-state index in [1.165, 1.54) is 32.8 Å². The molecule has 0 fully saturated rings. The average Bonchev–Trinajstić information content (AvgIpc) is 2.26. The van der Waals surface area contributed by atoms with E-state index in [-0.39, 0.29) is 6.61 Å². The highest BCUT2D eigenvalue weighted by Crippen LogP contribution is 2.03. The summed E-state index contributed by atoms with van der Waals surface area (Å²) in [5.74, 6) is 5.73. The highest BCUT2D eigenvalue weighted by Gasteiger charge is 1.95. The van der Waals surface area contributed by atoms with Gasteiger partial charge in [-0.15, -0.1) is 0 Å². The van der Waals surface area contributed by atoms with Gasteiger partial charge in [-0.2, -0.15) is 0 Å². The molecule has 0 aromatic rings. The molecule has 0 rings (SSSR count). The minimum absolute atomic E-state index is 0.127. The van der Waals surface area contributed by atoms with Crippen molar-refractivity contribution >= 4 is 6.16 Å². The monoisotopic (exact) mass is 212 g/mol. The lowest BCUT2D eigenvalue weighted by atomic mass is 10.1. The van der Waals surface area contributed by atoms with Gasteiger partial charge in [0.05, 0.1) is 7.11 Å². The van der Waals surface area contributed by atoms with Crippen molar-refractivity contribution in [2.24, 2.45) is 0 Å². The lowest BCUT2D eigenvalue weighted by molar-refractivity contribution is 0.0832. The van der Waals surface area contributed by atoms with Gasteiger partial charge in [-0.05, 0) is 6.42 Å². The van der Waals surface area contributed by atoms with Crippen molar-refractivity contribution in [2.75, 3.05) is 13.7 Å². The molecule has 0 spiro atoms. The first-order valence-corrected chi connectivity index (χ1v) is 5.47. The summed E-state index contributed by atoms with van der Waals surface area (Å²) in [6.45, 7) is 2.32. The molecule has 0 aromatic heterocycles. The van der Waals surface area contributed by atoms with Crippen LogP contribution in [0.5, 0.6) is 0 Å². The van der Waals surface area contributed by atoms with Gasteiger partial charge in [0.15, 0.2) is 6.61 Å². The molecule has 0 saturated heterocycles. The number of carbonyl (C=O) groups is 1. The molecule has 0 N–H and O–H groups in total. The summed E-state index contributed by atoms with van der Waals surface area (Å²) in [5, 5.41) is 0. The summed E-state index contributed by atoms with van der Waals surface area (Å²) < 4.78 is 8.89. The fraction of sp³-hybridized carbons (Fsp3) is 0.750. The predicted molar refractivity (Wildman–Crippen MR) is 59.5 cm³/mol. The van der Waals surface area contributed by atoms with Crippen LogP contribution in [0.2, 0.25) is 0 Å². The lowest BCUT2D eigenvalue weighted by Crippen LogP contribution is -2.03. The van der Waals surface area contributed by atoms with E-state index in [0.717, 1.165) is 12.8 Å². The summed E-state index contributed by atoms with van der Waals surface area (Å²) in [4.78, 5) is 10.5. The molecule has 0 bridgehead atoms. The second-order valence-corrected chi connectivity index (χ2v) is 3.26. The van der Waals surface area contributed by atoms with E-state index < -0.39 is 6.16 Å². The van der Waals surface area contributed by atoms with E-state index in [2.05, 4.69) is 28.2 Å². The number of methoxy groups -OCH3 is 1. The highest BCUT2D eigenvalue weighted by atomic mass is 16.7. The van der Waals surface area contributed by atoms with Crippen molar-refractivity contribution in [2.45, 2.75) is 45.4 Å². The topological polar surface area (TPSA) is 35.5 Å². The Morgan fingerprint density at radius 1 is 1.13 bits per heavy atom. The Balaban J connectivity index is 3.20. The van der Waals surface area contributed by atoms with Gasteiger partial charge in [-0.3, -0.25) is 0 Å². The summed E-state index contributed by atoms with van der Waals surface area (Å²) in [6.07, 6.45) is 6.43. The molecule has 0 aromatic carbocycles. The lowest BCUT2D eigenvalue weighted by Gasteiger charge is -1.96. The molecule has 0 saturated carbocycles. The third kappa shape index (κ3) is 10.8. The maximum atomic E-state index is 10.5. The third-order valence-corrected chi connectivity index (χ3v) is 1.96. The smallest absolute Gasteiger partial charge is 0.438 e. The van der Waals surface area contributed by atoms with Crippen LogP contribution in [-0.2, 0) is 9.47 Å². The van der Waals surface area contributed by atoms with Crippen LogP contribution in [0, 0.1) is 11.8 Å². The van der Waals surface area contributed by atoms with Crippen molar-refractivity contribution in [3.05, 3.63) is 0 Å². The Labute approximate surface area is 92.1 Å². The summed E-state index contributed by atoms with van der Waals surface area (Å²) in [5.41, 5.74) is 0. The number of rotatable bonds is 6. The van der Waals surface area contributed by atoms with Crippen molar-refractivity contribution < 1.29 is 14.3 Å². The van der Waals surface area contributed by atoms with Gasteiger partial charge in [0.1, 0.15) is 0 Å². The molecule has 0 aliphatic heterocycles. The fourth-order valence-corrected chi connectivity index (χ4v) is 1.11.